The second-order valence-corrected chi connectivity index (χ2v) is 8.28. The third-order valence-electron chi connectivity index (χ3n) is 5.06. The van der Waals surface area contributed by atoms with E-state index in [1.807, 2.05) is 28.5 Å². The van der Waals surface area contributed by atoms with Crippen LogP contribution in [0.3, 0.4) is 0 Å². The van der Waals surface area contributed by atoms with Gasteiger partial charge in [-0.25, -0.2) is 0 Å². The molecule has 2 N–H and O–H groups in total. The number of hydrogen-bond acceptors (Lipinski definition) is 5. The van der Waals surface area contributed by atoms with E-state index in [0.717, 1.165) is 44.0 Å². The second kappa shape index (κ2) is 9.93. The first kappa shape index (κ1) is 20.7. The standard InChI is InChI=1S/C20H28N4O3S/c1-2-21-19(26)15-5-3-6-16(13-15)22-18(25)14-24-8-4-7-17(24)20(27)23-9-11-28-12-10-23/h3,5-6,13,17H,2,4,7-12,14H2,1H3,(H,21,26)(H,22,25). The number of amides is 3. The van der Waals surface area contributed by atoms with Crippen molar-refractivity contribution in [1.82, 2.24) is 15.1 Å². The summed E-state index contributed by atoms with van der Waals surface area (Å²) in [4.78, 5) is 41.2. The molecule has 0 saturated carbocycles. The van der Waals surface area contributed by atoms with Gasteiger partial charge < -0.3 is 15.5 Å². The van der Waals surface area contributed by atoms with Crippen molar-refractivity contribution in [3.8, 4) is 0 Å². The Labute approximate surface area is 170 Å². The van der Waals surface area contributed by atoms with E-state index >= 15 is 0 Å². The summed E-state index contributed by atoms with van der Waals surface area (Å²) in [5.74, 6) is 1.80. The van der Waals surface area contributed by atoms with Gasteiger partial charge in [0.15, 0.2) is 0 Å². The van der Waals surface area contributed by atoms with E-state index in [1.54, 1.807) is 24.3 Å². The van der Waals surface area contributed by atoms with Gasteiger partial charge in [0.25, 0.3) is 5.91 Å². The molecule has 152 valence electrons. The maximum Gasteiger partial charge on any atom is 0.251 e. The number of nitrogens with zero attached hydrogens (tertiary/aromatic N) is 2. The molecule has 1 aromatic carbocycles. The molecule has 2 heterocycles. The van der Waals surface area contributed by atoms with Crippen molar-refractivity contribution in [2.75, 3.05) is 49.5 Å². The third kappa shape index (κ3) is 5.26. The molecule has 8 heteroatoms. The normalized spacial score (nSPS) is 20.0. The van der Waals surface area contributed by atoms with Gasteiger partial charge in [-0.05, 0) is 44.5 Å². The Balaban J connectivity index is 1.57. The highest BCUT2D eigenvalue weighted by Gasteiger charge is 2.35. The molecule has 0 spiro atoms. The Morgan fingerprint density at radius 2 is 1.96 bits per heavy atom. The lowest BCUT2D eigenvalue weighted by Gasteiger charge is -2.32. The quantitative estimate of drug-likeness (QED) is 0.749. The van der Waals surface area contributed by atoms with Gasteiger partial charge in [0.05, 0.1) is 12.6 Å². The minimum absolute atomic E-state index is 0.156. The van der Waals surface area contributed by atoms with Gasteiger partial charge >= 0.3 is 0 Å². The number of rotatable bonds is 6. The van der Waals surface area contributed by atoms with E-state index in [0.29, 0.717) is 17.8 Å². The Morgan fingerprint density at radius 1 is 1.18 bits per heavy atom. The molecule has 0 aromatic heterocycles. The number of carbonyl (C=O) groups excluding carboxylic acids is 3. The zero-order valence-corrected chi connectivity index (χ0v) is 17.1. The first-order valence-electron chi connectivity index (χ1n) is 9.87. The van der Waals surface area contributed by atoms with Crippen molar-refractivity contribution < 1.29 is 14.4 Å². The molecule has 0 bridgehead atoms. The molecule has 1 unspecified atom stereocenters. The van der Waals surface area contributed by atoms with Crippen molar-refractivity contribution in [2.45, 2.75) is 25.8 Å². The van der Waals surface area contributed by atoms with Gasteiger partial charge in [-0.15, -0.1) is 0 Å². The Kier molecular flexibility index (Phi) is 7.33. The predicted molar refractivity (Wildman–Crippen MR) is 112 cm³/mol. The highest BCUT2D eigenvalue weighted by atomic mass is 32.2. The van der Waals surface area contributed by atoms with E-state index in [4.69, 9.17) is 0 Å². The maximum atomic E-state index is 12.8. The zero-order chi connectivity index (χ0) is 19.9. The number of nitrogens with one attached hydrogen (secondary N) is 2. The number of benzene rings is 1. The first-order valence-corrected chi connectivity index (χ1v) is 11.0. The van der Waals surface area contributed by atoms with Crippen molar-refractivity contribution >= 4 is 35.2 Å². The molecule has 3 amide bonds. The summed E-state index contributed by atoms with van der Waals surface area (Å²) >= 11 is 1.88. The molecule has 2 saturated heterocycles. The van der Waals surface area contributed by atoms with Gasteiger partial charge in [0.1, 0.15) is 0 Å². The summed E-state index contributed by atoms with van der Waals surface area (Å²) < 4.78 is 0. The van der Waals surface area contributed by atoms with Crippen LogP contribution in [0.4, 0.5) is 5.69 Å². The van der Waals surface area contributed by atoms with Crippen LogP contribution in [0.1, 0.15) is 30.1 Å². The fourth-order valence-electron chi connectivity index (χ4n) is 3.68. The highest BCUT2D eigenvalue weighted by Crippen LogP contribution is 2.21. The Bertz CT molecular complexity index is 721. The van der Waals surface area contributed by atoms with Gasteiger partial charge in [0.2, 0.25) is 11.8 Å². The fourth-order valence-corrected chi connectivity index (χ4v) is 4.58. The molecular formula is C20H28N4O3S. The maximum absolute atomic E-state index is 12.8. The lowest BCUT2D eigenvalue weighted by atomic mass is 10.1. The zero-order valence-electron chi connectivity index (χ0n) is 16.3. The number of hydrogen-bond donors (Lipinski definition) is 2. The highest BCUT2D eigenvalue weighted by molar-refractivity contribution is 7.99. The smallest absolute Gasteiger partial charge is 0.251 e. The lowest BCUT2D eigenvalue weighted by Crippen LogP contribution is -2.49. The van der Waals surface area contributed by atoms with E-state index in [9.17, 15) is 14.4 Å². The minimum Gasteiger partial charge on any atom is -0.352 e. The van der Waals surface area contributed by atoms with Crippen LogP contribution in [0.15, 0.2) is 24.3 Å². The monoisotopic (exact) mass is 404 g/mol. The average Bonchev–Trinajstić information content (AvgIpc) is 3.16. The SMILES string of the molecule is CCNC(=O)c1cccc(NC(=O)CN2CCCC2C(=O)N2CCSCC2)c1. The lowest BCUT2D eigenvalue weighted by molar-refractivity contribution is -0.136. The van der Waals surface area contributed by atoms with E-state index in [2.05, 4.69) is 10.6 Å². The molecule has 2 aliphatic rings. The molecule has 2 fully saturated rings. The minimum atomic E-state index is -0.199. The second-order valence-electron chi connectivity index (χ2n) is 7.05. The van der Waals surface area contributed by atoms with Gasteiger partial charge in [-0.2, -0.15) is 11.8 Å². The summed E-state index contributed by atoms with van der Waals surface area (Å²) in [5.41, 5.74) is 1.10. The number of likely N-dealkylation sites (tertiary alicyclic amines) is 1. The molecule has 7 nitrogen and oxygen atoms in total. The van der Waals surface area contributed by atoms with Crippen molar-refractivity contribution in [3.05, 3.63) is 29.8 Å². The van der Waals surface area contributed by atoms with Gasteiger partial charge in [-0.1, -0.05) is 6.07 Å². The number of anilines is 1. The van der Waals surface area contributed by atoms with E-state index < -0.39 is 0 Å². The Morgan fingerprint density at radius 3 is 2.71 bits per heavy atom. The fraction of sp³-hybridized carbons (Fsp3) is 0.550. The van der Waals surface area contributed by atoms with Crippen LogP contribution < -0.4 is 10.6 Å². The van der Waals surface area contributed by atoms with Gasteiger partial charge in [0, 0.05) is 42.4 Å². The van der Waals surface area contributed by atoms with Crippen LogP contribution in [-0.2, 0) is 9.59 Å². The average molecular weight is 405 g/mol. The van der Waals surface area contributed by atoms with E-state index in [1.165, 1.54) is 0 Å². The van der Waals surface area contributed by atoms with Crippen molar-refractivity contribution in [3.63, 3.8) is 0 Å². The largest absolute Gasteiger partial charge is 0.352 e. The number of thioether (sulfide) groups is 1. The summed E-state index contributed by atoms with van der Waals surface area (Å²) in [6, 6.07) is 6.69. The van der Waals surface area contributed by atoms with E-state index in [-0.39, 0.29) is 30.3 Å². The van der Waals surface area contributed by atoms with Crippen LogP contribution in [0, 0.1) is 0 Å². The molecule has 1 aromatic rings. The summed E-state index contributed by atoms with van der Waals surface area (Å²) in [5, 5.41) is 5.60. The van der Waals surface area contributed by atoms with Crippen LogP contribution >= 0.6 is 11.8 Å². The van der Waals surface area contributed by atoms with Crippen LogP contribution in [0.2, 0.25) is 0 Å². The van der Waals surface area contributed by atoms with Crippen LogP contribution in [0.25, 0.3) is 0 Å². The third-order valence-corrected chi connectivity index (χ3v) is 6.01. The molecular weight excluding hydrogens is 376 g/mol. The van der Waals surface area contributed by atoms with Crippen LogP contribution in [-0.4, -0.2) is 77.8 Å². The topological polar surface area (TPSA) is 81.8 Å². The molecule has 28 heavy (non-hydrogen) atoms. The molecule has 1 atom stereocenters. The van der Waals surface area contributed by atoms with Gasteiger partial charge in [-0.3, -0.25) is 19.3 Å². The summed E-state index contributed by atoms with van der Waals surface area (Å²) in [6.07, 6.45) is 1.74. The molecule has 3 rings (SSSR count). The Hall–Kier alpha value is -2.06. The summed E-state index contributed by atoms with van der Waals surface area (Å²) in [7, 11) is 0. The van der Waals surface area contributed by atoms with Crippen molar-refractivity contribution in [2.24, 2.45) is 0 Å². The van der Waals surface area contributed by atoms with Crippen molar-refractivity contribution in [1.29, 1.82) is 0 Å². The summed E-state index contributed by atoms with van der Waals surface area (Å²) in [6.45, 7) is 4.95. The first-order chi connectivity index (χ1) is 13.6. The number of carbonyl (C=O) groups is 3. The van der Waals surface area contributed by atoms with Crippen LogP contribution in [0.5, 0.6) is 0 Å². The molecule has 0 radical (unpaired) electrons. The molecule has 2 aliphatic heterocycles. The predicted octanol–water partition coefficient (Wildman–Crippen LogP) is 1.41. The molecule has 0 aliphatic carbocycles.